The predicted octanol–water partition coefficient (Wildman–Crippen LogP) is 4.07. The van der Waals surface area contributed by atoms with Gasteiger partial charge in [-0.05, 0) is 51.2 Å². The Morgan fingerprint density at radius 3 is 2.74 bits per heavy atom. The van der Waals surface area contributed by atoms with Gasteiger partial charge >= 0.3 is 6.09 Å². The molecule has 3 heterocycles. The Morgan fingerprint density at radius 1 is 1.30 bits per heavy atom. The van der Waals surface area contributed by atoms with Crippen molar-refractivity contribution in [1.29, 1.82) is 0 Å². The van der Waals surface area contributed by atoms with Gasteiger partial charge in [0.2, 0.25) is 5.88 Å². The lowest BCUT2D eigenvalue weighted by molar-refractivity contribution is 0.0633. The molecule has 1 aliphatic heterocycles. The second-order valence-corrected chi connectivity index (χ2v) is 6.78. The number of rotatable bonds is 2. The minimum absolute atomic E-state index is 0.339. The first-order chi connectivity index (χ1) is 10.9. The van der Waals surface area contributed by atoms with Gasteiger partial charge in [0.1, 0.15) is 11.1 Å². The van der Waals surface area contributed by atoms with Gasteiger partial charge in [-0.3, -0.25) is 10.3 Å². The van der Waals surface area contributed by atoms with Crippen molar-refractivity contribution in [2.45, 2.75) is 45.1 Å². The molecular weight excluding hydrogens is 296 g/mol. The van der Waals surface area contributed by atoms with Gasteiger partial charge < -0.3 is 13.9 Å². The highest BCUT2D eigenvalue weighted by atomic mass is 16.6. The normalized spacial score (nSPS) is 16.5. The molecule has 0 saturated carbocycles. The topological polar surface area (TPSA) is 73.6 Å². The van der Waals surface area contributed by atoms with Crippen molar-refractivity contribution in [2.75, 3.05) is 18.5 Å². The van der Waals surface area contributed by atoms with Crippen LogP contribution in [0.1, 0.15) is 45.1 Å². The summed E-state index contributed by atoms with van der Waals surface area (Å²) in [6.07, 6.45) is 3.33. The zero-order valence-electron chi connectivity index (χ0n) is 13.7. The van der Waals surface area contributed by atoms with Gasteiger partial charge in [0, 0.05) is 25.5 Å². The highest BCUT2D eigenvalue weighted by Crippen LogP contribution is 2.30. The lowest BCUT2D eigenvalue weighted by atomic mass is 9.93. The van der Waals surface area contributed by atoms with E-state index in [1.54, 1.807) is 6.07 Å². The first-order valence-corrected chi connectivity index (χ1v) is 7.88. The summed E-state index contributed by atoms with van der Waals surface area (Å²) in [5, 5.41) is 2.60. The van der Waals surface area contributed by atoms with Crippen LogP contribution in [0.2, 0.25) is 0 Å². The molecule has 1 aliphatic rings. The number of nitrogens with one attached hydrogen (secondary N) is 1. The maximum atomic E-state index is 11.8. The molecule has 124 valence electrons. The maximum Gasteiger partial charge on any atom is 0.414 e. The van der Waals surface area contributed by atoms with Gasteiger partial charge in [-0.15, -0.1) is 0 Å². The molecule has 1 saturated heterocycles. The summed E-state index contributed by atoms with van der Waals surface area (Å²) < 4.78 is 16.3. The number of ether oxygens (including phenoxy) is 2. The quantitative estimate of drug-likeness (QED) is 0.903. The van der Waals surface area contributed by atoms with Crippen LogP contribution in [0, 0.1) is 0 Å². The summed E-state index contributed by atoms with van der Waals surface area (Å²) in [5.74, 6) is 0.791. The van der Waals surface area contributed by atoms with Crippen molar-refractivity contribution in [3.8, 4) is 0 Å². The first kappa shape index (κ1) is 15.8. The zero-order chi connectivity index (χ0) is 16.4. The van der Waals surface area contributed by atoms with Crippen molar-refractivity contribution in [1.82, 2.24) is 4.98 Å². The molecule has 0 aromatic carbocycles. The highest BCUT2D eigenvalue weighted by Gasteiger charge is 2.19. The average molecular weight is 318 g/mol. The number of furan rings is 1. The van der Waals surface area contributed by atoms with E-state index in [2.05, 4.69) is 10.3 Å². The number of pyridine rings is 1. The van der Waals surface area contributed by atoms with Crippen LogP contribution < -0.4 is 5.32 Å². The Bertz CT molecular complexity index is 696. The second-order valence-electron chi connectivity index (χ2n) is 6.78. The molecule has 0 bridgehead atoms. The predicted molar refractivity (Wildman–Crippen MR) is 86.7 cm³/mol. The number of nitrogens with zero attached hydrogens (tertiary/aromatic N) is 1. The summed E-state index contributed by atoms with van der Waals surface area (Å²) in [5.41, 5.74) is 1.98. The van der Waals surface area contributed by atoms with Gasteiger partial charge in [0.15, 0.2) is 5.58 Å². The van der Waals surface area contributed by atoms with Crippen LogP contribution in [-0.2, 0) is 9.47 Å². The third kappa shape index (κ3) is 4.01. The van der Waals surface area contributed by atoms with Crippen LogP contribution in [0.3, 0.4) is 0 Å². The summed E-state index contributed by atoms with van der Waals surface area (Å²) in [6, 6.07) is 3.70. The summed E-state index contributed by atoms with van der Waals surface area (Å²) in [4.78, 5) is 16.2. The number of aromatic nitrogens is 1. The van der Waals surface area contributed by atoms with Crippen molar-refractivity contribution < 1.29 is 18.7 Å². The summed E-state index contributed by atoms with van der Waals surface area (Å²) in [7, 11) is 0. The summed E-state index contributed by atoms with van der Waals surface area (Å²) >= 11 is 0. The number of fused-ring (bicyclic) bond motifs is 1. The molecule has 1 amide bonds. The molecule has 6 nitrogen and oxygen atoms in total. The van der Waals surface area contributed by atoms with Crippen LogP contribution >= 0.6 is 0 Å². The SMILES string of the molecule is CC(C)(C)OC(=O)Nc1cc2ncc(C3CCOCC3)cc2o1. The van der Waals surface area contributed by atoms with Gasteiger partial charge in [-0.25, -0.2) is 4.79 Å². The van der Waals surface area contributed by atoms with Crippen molar-refractivity contribution in [3.05, 3.63) is 23.9 Å². The van der Waals surface area contributed by atoms with E-state index in [1.165, 1.54) is 0 Å². The molecule has 0 spiro atoms. The Balaban J connectivity index is 1.75. The number of anilines is 1. The van der Waals surface area contributed by atoms with Gasteiger partial charge in [0.05, 0.1) is 0 Å². The monoisotopic (exact) mass is 318 g/mol. The molecule has 2 aromatic heterocycles. The van der Waals surface area contributed by atoms with E-state index in [0.29, 0.717) is 22.9 Å². The lowest BCUT2D eigenvalue weighted by Crippen LogP contribution is -2.27. The zero-order valence-corrected chi connectivity index (χ0v) is 13.7. The minimum atomic E-state index is -0.551. The molecule has 23 heavy (non-hydrogen) atoms. The fourth-order valence-electron chi connectivity index (χ4n) is 2.65. The van der Waals surface area contributed by atoms with E-state index in [0.717, 1.165) is 31.6 Å². The Hall–Kier alpha value is -2.08. The Labute approximate surface area is 135 Å². The third-order valence-electron chi connectivity index (χ3n) is 3.71. The molecule has 1 fully saturated rings. The van der Waals surface area contributed by atoms with Gasteiger partial charge in [0.25, 0.3) is 0 Å². The molecule has 0 aliphatic carbocycles. The van der Waals surface area contributed by atoms with Crippen LogP contribution in [0.15, 0.2) is 22.7 Å². The molecule has 6 heteroatoms. The van der Waals surface area contributed by atoms with Crippen molar-refractivity contribution >= 4 is 23.1 Å². The van der Waals surface area contributed by atoms with E-state index in [1.807, 2.05) is 33.0 Å². The highest BCUT2D eigenvalue weighted by molar-refractivity contribution is 5.87. The molecule has 3 rings (SSSR count). The van der Waals surface area contributed by atoms with E-state index in [4.69, 9.17) is 13.9 Å². The van der Waals surface area contributed by atoms with E-state index in [-0.39, 0.29) is 0 Å². The van der Waals surface area contributed by atoms with Crippen LogP contribution in [-0.4, -0.2) is 29.9 Å². The van der Waals surface area contributed by atoms with Crippen LogP contribution in [0.5, 0.6) is 0 Å². The molecular formula is C17H22N2O4. The Morgan fingerprint density at radius 2 is 2.04 bits per heavy atom. The molecule has 0 atom stereocenters. The number of carbonyl (C=O) groups excluding carboxylic acids is 1. The number of amides is 1. The van der Waals surface area contributed by atoms with Crippen LogP contribution in [0.25, 0.3) is 11.1 Å². The molecule has 1 N–H and O–H groups in total. The molecule has 2 aromatic rings. The smallest absolute Gasteiger partial charge is 0.414 e. The van der Waals surface area contributed by atoms with Gasteiger partial charge in [-0.2, -0.15) is 0 Å². The Kier molecular flexibility index (Phi) is 4.26. The number of hydrogen-bond donors (Lipinski definition) is 1. The number of hydrogen-bond acceptors (Lipinski definition) is 5. The van der Waals surface area contributed by atoms with Crippen LogP contribution in [0.4, 0.5) is 10.7 Å². The largest absolute Gasteiger partial charge is 0.444 e. The number of carbonyl (C=O) groups is 1. The van der Waals surface area contributed by atoms with E-state index in [9.17, 15) is 4.79 Å². The first-order valence-electron chi connectivity index (χ1n) is 7.88. The fraction of sp³-hybridized carbons (Fsp3) is 0.529. The summed E-state index contributed by atoms with van der Waals surface area (Å²) in [6.45, 7) is 7.01. The lowest BCUT2D eigenvalue weighted by Gasteiger charge is -2.21. The standard InChI is InChI=1S/C17H22N2O4/c1-17(2,3)23-16(20)19-15-9-13-14(22-15)8-12(10-18-13)11-4-6-21-7-5-11/h8-11H,4-7H2,1-3H3,(H,19,20). The van der Waals surface area contributed by atoms with Gasteiger partial charge in [-0.1, -0.05) is 0 Å². The van der Waals surface area contributed by atoms with Crippen molar-refractivity contribution in [3.63, 3.8) is 0 Å². The second kappa shape index (κ2) is 6.20. The molecule has 0 radical (unpaired) electrons. The fourth-order valence-corrected chi connectivity index (χ4v) is 2.65. The minimum Gasteiger partial charge on any atom is -0.444 e. The average Bonchev–Trinajstić information content (AvgIpc) is 2.87. The maximum absolute atomic E-state index is 11.8. The molecule has 0 unspecified atom stereocenters. The van der Waals surface area contributed by atoms with E-state index >= 15 is 0 Å². The van der Waals surface area contributed by atoms with E-state index < -0.39 is 11.7 Å². The van der Waals surface area contributed by atoms with Crippen molar-refractivity contribution in [2.24, 2.45) is 0 Å². The third-order valence-corrected chi connectivity index (χ3v) is 3.71.